The predicted octanol–water partition coefficient (Wildman–Crippen LogP) is 3.77. The molecule has 0 atom stereocenters. The number of ether oxygens (including phenoxy) is 2. The van der Waals surface area contributed by atoms with Crippen LogP contribution in [0.3, 0.4) is 0 Å². The number of nitrogens with one attached hydrogen (secondary N) is 2. The molecule has 8 heteroatoms. The number of aliphatic hydroxyl groups is 1. The minimum atomic E-state index is 0.0888. The molecule has 0 radical (unpaired) electrons. The average molecular weight is 454 g/mol. The molecule has 4 aromatic rings. The second-order valence-corrected chi connectivity index (χ2v) is 7.80. The van der Waals surface area contributed by atoms with Crippen molar-refractivity contribution >= 4 is 22.4 Å². The topological polar surface area (TPSA) is 112 Å². The van der Waals surface area contributed by atoms with Crippen molar-refractivity contribution in [2.24, 2.45) is 0 Å². The molecule has 0 unspecified atom stereocenters. The second-order valence-electron chi connectivity index (χ2n) is 7.80. The highest BCUT2D eigenvalue weighted by atomic mass is 16.6. The first-order chi connectivity index (χ1) is 16.8. The van der Waals surface area contributed by atoms with Gasteiger partial charge in [0.15, 0.2) is 17.3 Å². The lowest BCUT2D eigenvalue weighted by Gasteiger charge is -2.19. The van der Waals surface area contributed by atoms with Crippen LogP contribution in [0.25, 0.3) is 22.0 Å². The average Bonchev–Trinajstić information content (AvgIpc) is 2.88. The standard InChI is InChI=1S/C26H23N5O3/c27-14-21-20(18-4-5-23-24(13-18)34-11-10-33-23)2-1-3-22(21)31-26-25-19(6-7-29-26)12-17(16-30-25)15-28-8-9-32/h1-7,12-13,16,28,32H,8-11,15H2,(H,29,31). The monoisotopic (exact) mass is 453 g/mol. The Balaban J connectivity index is 1.48. The zero-order chi connectivity index (χ0) is 23.3. The fraction of sp³-hybridized carbons (Fsp3) is 0.192. The summed E-state index contributed by atoms with van der Waals surface area (Å²) in [5, 5.41) is 26.4. The van der Waals surface area contributed by atoms with E-state index >= 15 is 0 Å². The van der Waals surface area contributed by atoms with Gasteiger partial charge < -0.3 is 25.2 Å². The van der Waals surface area contributed by atoms with Gasteiger partial charge in [-0.3, -0.25) is 4.98 Å². The van der Waals surface area contributed by atoms with Gasteiger partial charge in [0.1, 0.15) is 24.8 Å². The molecule has 3 heterocycles. The Morgan fingerprint density at radius 3 is 2.76 bits per heavy atom. The van der Waals surface area contributed by atoms with Crippen LogP contribution < -0.4 is 20.1 Å². The Hall–Kier alpha value is -4.19. The third-order valence-electron chi connectivity index (χ3n) is 5.56. The summed E-state index contributed by atoms with van der Waals surface area (Å²) in [5.41, 5.74) is 4.52. The van der Waals surface area contributed by atoms with Gasteiger partial charge in [-0.15, -0.1) is 0 Å². The highest BCUT2D eigenvalue weighted by molar-refractivity contribution is 5.91. The molecular weight excluding hydrogens is 430 g/mol. The van der Waals surface area contributed by atoms with Crippen molar-refractivity contribution in [2.75, 3.05) is 31.7 Å². The van der Waals surface area contributed by atoms with Gasteiger partial charge in [0.25, 0.3) is 0 Å². The van der Waals surface area contributed by atoms with Crippen molar-refractivity contribution in [1.29, 1.82) is 5.26 Å². The van der Waals surface area contributed by atoms with Gasteiger partial charge in [-0.05, 0) is 41.5 Å². The second kappa shape index (κ2) is 9.75. The van der Waals surface area contributed by atoms with E-state index in [0.717, 1.165) is 22.1 Å². The summed E-state index contributed by atoms with van der Waals surface area (Å²) in [6, 6.07) is 17.6. The van der Waals surface area contributed by atoms with Crippen LogP contribution in [0.15, 0.2) is 60.9 Å². The maximum atomic E-state index is 10.0. The number of aromatic nitrogens is 2. The summed E-state index contributed by atoms with van der Waals surface area (Å²) in [5.74, 6) is 1.96. The number of hydrogen-bond acceptors (Lipinski definition) is 8. The van der Waals surface area contributed by atoms with Gasteiger partial charge in [-0.2, -0.15) is 5.26 Å². The maximum absolute atomic E-state index is 10.0. The zero-order valence-corrected chi connectivity index (χ0v) is 18.4. The molecule has 34 heavy (non-hydrogen) atoms. The molecule has 2 aromatic carbocycles. The molecule has 0 spiro atoms. The van der Waals surface area contributed by atoms with E-state index in [-0.39, 0.29) is 6.61 Å². The van der Waals surface area contributed by atoms with E-state index in [2.05, 4.69) is 26.7 Å². The quantitative estimate of drug-likeness (QED) is 0.363. The summed E-state index contributed by atoms with van der Waals surface area (Å²) in [6.07, 6.45) is 3.50. The van der Waals surface area contributed by atoms with Gasteiger partial charge in [0.2, 0.25) is 0 Å². The van der Waals surface area contributed by atoms with E-state index in [0.29, 0.717) is 60.4 Å². The Morgan fingerprint density at radius 2 is 1.91 bits per heavy atom. The van der Waals surface area contributed by atoms with E-state index < -0.39 is 0 Å². The van der Waals surface area contributed by atoms with Crippen molar-refractivity contribution in [1.82, 2.24) is 15.3 Å². The first-order valence-electron chi connectivity index (χ1n) is 11.0. The summed E-state index contributed by atoms with van der Waals surface area (Å²) >= 11 is 0. The Bertz CT molecular complexity index is 1380. The number of hydrogen-bond donors (Lipinski definition) is 3. The number of benzene rings is 2. The summed E-state index contributed by atoms with van der Waals surface area (Å²) in [6.45, 7) is 2.26. The van der Waals surface area contributed by atoms with Crippen LogP contribution in [0.5, 0.6) is 11.5 Å². The van der Waals surface area contributed by atoms with Crippen LogP contribution in [0.1, 0.15) is 11.1 Å². The first kappa shape index (κ1) is 21.6. The first-order valence-corrected chi connectivity index (χ1v) is 11.0. The van der Waals surface area contributed by atoms with Gasteiger partial charge in [0.05, 0.1) is 17.9 Å². The van der Waals surface area contributed by atoms with E-state index in [9.17, 15) is 5.26 Å². The van der Waals surface area contributed by atoms with Crippen molar-refractivity contribution < 1.29 is 14.6 Å². The maximum Gasteiger partial charge on any atom is 0.161 e. The molecule has 0 aliphatic carbocycles. The summed E-state index contributed by atoms with van der Waals surface area (Å²) < 4.78 is 11.3. The minimum absolute atomic E-state index is 0.0888. The molecule has 1 aliphatic heterocycles. The van der Waals surface area contributed by atoms with Crippen LogP contribution in [0.2, 0.25) is 0 Å². The Labute approximate surface area is 196 Å². The SMILES string of the molecule is N#Cc1c(Nc2nccc3cc(CNCCO)cnc23)cccc1-c1ccc2c(c1)OCCO2. The fourth-order valence-electron chi connectivity index (χ4n) is 3.96. The van der Waals surface area contributed by atoms with Crippen LogP contribution in [0.4, 0.5) is 11.5 Å². The number of fused-ring (bicyclic) bond motifs is 2. The summed E-state index contributed by atoms with van der Waals surface area (Å²) in [7, 11) is 0. The van der Waals surface area contributed by atoms with Gasteiger partial charge in [-0.1, -0.05) is 18.2 Å². The fourth-order valence-corrected chi connectivity index (χ4v) is 3.96. The zero-order valence-electron chi connectivity index (χ0n) is 18.4. The lowest BCUT2D eigenvalue weighted by atomic mass is 9.98. The van der Waals surface area contributed by atoms with E-state index in [1.54, 1.807) is 12.4 Å². The van der Waals surface area contributed by atoms with Crippen LogP contribution in [-0.4, -0.2) is 41.4 Å². The number of nitrogens with zero attached hydrogens (tertiary/aromatic N) is 3. The largest absolute Gasteiger partial charge is 0.486 e. The van der Waals surface area contributed by atoms with Crippen LogP contribution in [-0.2, 0) is 6.54 Å². The number of nitriles is 1. The lowest BCUT2D eigenvalue weighted by Crippen LogP contribution is -2.17. The molecule has 0 saturated carbocycles. The number of pyridine rings is 2. The third kappa shape index (κ3) is 4.35. The normalized spacial score (nSPS) is 12.4. The van der Waals surface area contributed by atoms with Crippen LogP contribution >= 0.6 is 0 Å². The molecule has 2 aromatic heterocycles. The van der Waals surface area contributed by atoms with Crippen molar-refractivity contribution in [3.8, 4) is 28.7 Å². The molecule has 8 nitrogen and oxygen atoms in total. The predicted molar refractivity (Wildman–Crippen MR) is 129 cm³/mol. The van der Waals surface area contributed by atoms with Gasteiger partial charge in [0, 0.05) is 36.4 Å². The Morgan fingerprint density at radius 1 is 1.03 bits per heavy atom. The van der Waals surface area contributed by atoms with E-state index in [4.69, 9.17) is 14.6 Å². The minimum Gasteiger partial charge on any atom is -0.486 e. The van der Waals surface area contributed by atoms with Crippen LogP contribution in [0, 0.1) is 11.3 Å². The number of anilines is 2. The molecular formula is C26H23N5O3. The molecule has 1 aliphatic rings. The molecule has 0 fully saturated rings. The van der Waals surface area contributed by atoms with Crippen molar-refractivity contribution in [2.45, 2.75) is 6.54 Å². The summed E-state index contributed by atoms with van der Waals surface area (Å²) in [4.78, 5) is 9.07. The highest BCUT2D eigenvalue weighted by Gasteiger charge is 2.16. The van der Waals surface area contributed by atoms with Crippen molar-refractivity contribution in [3.63, 3.8) is 0 Å². The molecule has 170 valence electrons. The number of rotatable bonds is 7. The van der Waals surface area contributed by atoms with E-state index in [1.165, 1.54) is 0 Å². The molecule has 0 amide bonds. The van der Waals surface area contributed by atoms with E-state index in [1.807, 2.05) is 48.5 Å². The molecule has 0 saturated heterocycles. The Kier molecular flexibility index (Phi) is 6.21. The molecule has 3 N–H and O–H groups in total. The van der Waals surface area contributed by atoms with Crippen molar-refractivity contribution in [3.05, 3.63) is 72.1 Å². The number of aliphatic hydroxyl groups excluding tert-OH is 1. The lowest BCUT2D eigenvalue weighted by molar-refractivity contribution is 0.171. The third-order valence-corrected chi connectivity index (χ3v) is 5.56. The molecule has 5 rings (SSSR count). The van der Waals surface area contributed by atoms with Gasteiger partial charge >= 0.3 is 0 Å². The smallest absolute Gasteiger partial charge is 0.161 e. The highest BCUT2D eigenvalue weighted by Crippen LogP contribution is 2.37. The van der Waals surface area contributed by atoms with Gasteiger partial charge in [-0.25, -0.2) is 4.98 Å². The molecule has 0 bridgehead atoms.